The summed E-state index contributed by atoms with van der Waals surface area (Å²) in [5.41, 5.74) is 2.59. The fourth-order valence-electron chi connectivity index (χ4n) is 6.47. The van der Waals surface area contributed by atoms with Gasteiger partial charge in [0.15, 0.2) is 0 Å². The molecule has 0 saturated carbocycles. The van der Waals surface area contributed by atoms with Crippen molar-refractivity contribution in [1.82, 2.24) is 0 Å². The Balaban J connectivity index is 1.38. The van der Waals surface area contributed by atoms with Crippen molar-refractivity contribution < 1.29 is 14.3 Å². The Hall–Kier alpha value is -2.75. The van der Waals surface area contributed by atoms with E-state index in [0.29, 0.717) is 12.5 Å². The first-order valence-corrected chi connectivity index (χ1v) is 15.2. The number of hydrogen-bond donors (Lipinski definition) is 0. The molecule has 2 aliphatic heterocycles. The topological polar surface area (TPSA) is 38.8 Å². The van der Waals surface area contributed by atoms with Crippen LogP contribution in [0.3, 0.4) is 0 Å². The molecule has 2 aromatic rings. The maximum Gasteiger partial charge on any atom is 0.311 e. The summed E-state index contributed by atoms with van der Waals surface area (Å²) in [5, 5.41) is 0. The minimum atomic E-state index is -0.543. The van der Waals surface area contributed by atoms with Crippen LogP contribution in [0.1, 0.15) is 104 Å². The van der Waals surface area contributed by atoms with Crippen LogP contribution in [-0.4, -0.2) is 24.8 Å². The lowest BCUT2D eigenvalue weighted by atomic mass is 9.76. The fraction of sp³-hybridized carbons (Fsp3) is 0.571. The molecule has 0 amide bonds. The third-order valence-corrected chi connectivity index (χ3v) is 8.99. The molecule has 0 radical (unpaired) electrons. The second kappa shape index (κ2) is 12.2. The molecule has 2 atom stereocenters. The Morgan fingerprint density at radius 3 is 2.51 bits per heavy atom. The molecular weight excluding hydrogens is 482 g/mol. The number of nitrogens with zero attached hydrogens (tertiary/aromatic N) is 1. The number of esters is 1. The average Bonchev–Trinajstić information content (AvgIpc) is 3.10. The highest BCUT2D eigenvalue weighted by Gasteiger charge is 2.58. The van der Waals surface area contributed by atoms with Gasteiger partial charge in [0.05, 0.1) is 17.4 Å². The maximum absolute atomic E-state index is 12.6. The second-order valence-corrected chi connectivity index (χ2v) is 12.7. The normalized spacial score (nSPS) is 19.9. The van der Waals surface area contributed by atoms with Crippen LogP contribution in [0, 0.1) is 11.3 Å². The summed E-state index contributed by atoms with van der Waals surface area (Å²) in [5.74, 6) is 1.45. The first-order valence-electron chi connectivity index (χ1n) is 15.2. The van der Waals surface area contributed by atoms with Gasteiger partial charge >= 0.3 is 5.97 Å². The summed E-state index contributed by atoms with van der Waals surface area (Å²) in [6.07, 6.45) is 13.1. The van der Waals surface area contributed by atoms with Crippen molar-refractivity contribution in [1.29, 1.82) is 0 Å². The molecule has 0 fully saturated rings. The van der Waals surface area contributed by atoms with Crippen LogP contribution in [0.15, 0.2) is 54.6 Å². The summed E-state index contributed by atoms with van der Waals surface area (Å²) in [4.78, 5) is 15.1. The molecule has 0 aliphatic carbocycles. The summed E-state index contributed by atoms with van der Waals surface area (Å²) < 4.78 is 12.5. The van der Waals surface area contributed by atoms with E-state index in [1.54, 1.807) is 0 Å². The summed E-state index contributed by atoms with van der Waals surface area (Å²) in [6, 6.07) is 17.1. The lowest BCUT2D eigenvalue weighted by molar-refractivity contribution is -0.155. The van der Waals surface area contributed by atoms with Gasteiger partial charge in [0.25, 0.3) is 0 Å². The molecule has 1 spiro atoms. The van der Waals surface area contributed by atoms with Gasteiger partial charge in [0.2, 0.25) is 5.72 Å². The molecule has 4 rings (SSSR count). The molecule has 2 unspecified atom stereocenters. The quantitative estimate of drug-likeness (QED) is 0.191. The monoisotopic (exact) mass is 531 g/mol. The largest absolute Gasteiger partial charge is 0.465 e. The van der Waals surface area contributed by atoms with Gasteiger partial charge < -0.3 is 14.4 Å². The van der Waals surface area contributed by atoms with Gasteiger partial charge in [0, 0.05) is 17.8 Å². The summed E-state index contributed by atoms with van der Waals surface area (Å²) in [7, 11) is 0. The first-order chi connectivity index (χ1) is 18.7. The summed E-state index contributed by atoms with van der Waals surface area (Å²) in [6.45, 7) is 14.6. The Morgan fingerprint density at radius 1 is 1.00 bits per heavy atom. The van der Waals surface area contributed by atoms with E-state index in [1.165, 1.54) is 17.7 Å². The summed E-state index contributed by atoms with van der Waals surface area (Å²) >= 11 is 0. The number of para-hydroxylation sites is 2. The highest BCUT2D eigenvalue weighted by Crippen LogP contribution is 2.54. The SMILES string of the molecule is CCCCOC(=O)C(C)(C)CC(CC)CCCCCN1c2ccccc2C(C)(C)C12C=Cc1ccccc1O2. The van der Waals surface area contributed by atoms with Crippen molar-refractivity contribution in [2.45, 2.75) is 104 Å². The Labute approximate surface area is 236 Å². The van der Waals surface area contributed by atoms with Crippen molar-refractivity contribution in [2.75, 3.05) is 18.1 Å². The Kier molecular flexibility index (Phi) is 9.14. The lowest BCUT2D eigenvalue weighted by Gasteiger charge is -2.47. The van der Waals surface area contributed by atoms with E-state index < -0.39 is 11.1 Å². The van der Waals surface area contributed by atoms with E-state index in [0.717, 1.165) is 62.8 Å². The molecule has 0 N–H and O–H groups in total. The third kappa shape index (κ3) is 5.90. The number of unbranched alkanes of at least 4 members (excludes halogenated alkanes) is 3. The number of hydrogen-bond acceptors (Lipinski definition) is 4. The lowest BCUT2D eigenvalue weighted by Crippen LogP contribution is -2.59. The van der Waals surface area contributed by atoms with E-state index in [4.69, 9.17) is 9.47 Å². The van der Waals surface area contributed by atoms with Gasteiger partial charge in [0.1, 0.15) is 5.75 Å². The van der Waals surface area contributed by atoms with Crippen LogP contribution < -0.4 is 9.64 Å². The smallest absolute Gasteiger partial charge is 0.311 e. The van der Waals surface area contributed by atoms with E-state index in [1.807, 2.05) is 13.8 Å². The zero-order valence-electron chi connectivity index (χ0n) is 25.1. The molecule has 0 saturated heterocycles. The van der Waals surface area contributed by atoms with E-state index in [-0.39, 0.29) is 11.4 Å². The zero-order chi connectivity index (χ0) is 28.1. The van der Waals surface area contributed by atoms with Crippen molar-refractivity contribution in [3.63, 3.8) is 0 Å². The van der Waals surface area contributed by atoms with Crippen molar-refractivity contribution in [3.8, 4) is 5.75 Å². The van der Waals surface area contributed by atoms with Crippen molar-refractivity contribution >= 4 is 17.7 Å². The molecule has 0 aromatic heterocycles. The van der Waals surface area contributed by atoms with Crippen LogP contribution in [0.2, 0.25) is 0 Å². The molecule has 4 heteroatoms. The Morgan fingerprint density at radius 2 is 1.74 bits per heavy atom. The van der Waals surface area contributed by atoms with Crippen LogP contribution in [0.5, 0.6) is 5.75 Å². The predicted molar refractivity (Wildman–Crippen MR) is 162 cm³/mol. The van der Waals surface area contributed by atoms with Crippen LogP contribution >= 0.6 is 0 Å². The molecule has 2 aromatic carbocycles. The third-order valence-electron chi connectivity index (χ3n) is 8.99. The van der Waals surface area contributed by atoms with Crippen molar-refractivity contribution in [3.05, 3.63) is 65.7 Å². The van der Waals surface area contributed by atoms with Gasteiger partial charge in [-0.05, 0) is 82.7 Å². The zero-order valence-corrected chi connectivity index (χ0v) is 25.1. The highest BCUT2D eigenvalue weighted by atomic mass is 16.5. The van der Waals surface area contributed by atoms with E-state index >= 15 is 0 Å². The number of ether oxygens (including phenoxy) is 2. The molecule has 0 bridgehead atoms. The second-order valence-electron chi connectivity index (χ2n) is 12.7. The molecule has 39 heavy (non-hydrogen) atoms. The Bertz CT molecular complexity index is 1150. The molecule has 2 aliphatic rings. The van der Waals surface area contributed by atoms with Gasteiger partial charge in [-0.15, -0.1) is 0 Å². The molecule has 212 valence electrons. The molecule has 4 nitrogen and oxygen atoms in total. The number of benzene rings is 2. The number of carbonyl (C=O) groups excluding carboxylic acids is 1. The van der Waals surface area contributed by atoms with Crippen LogP contribution in [0.4, 0.5) is 5.69 Å². The number of carbonyl (C=O) groups is 1. The van der Waals surface area contributed by atoms with Gasteiger partial charge in [-0.25, -0.2) is 0 Å². The maximum atomic E-state index is 12.6. The van der Waals surface area contributed by atoms with E-state index in [9.17, 15) is 4.79 Å². The van der Waals surface area contributed by atoms with Gasteiger partial charge in [-0.3, -0.25) is 4.79 Å². The highest BCUT2D eigenvalue weighted by molar-refractivity contribution is 5.76. The molecule has 2 heterocycles. The minimum Gasteiger partial charge on any atom is -0.465 e. The van der Waals surface area contributed by atoms with Crippen molar-refractivity contribution in [2.24, 2.45) is 11.3 Å². The van der Waals surface area contributed by atoms with E-state index in [2.05, 4.69) is 93.3 Å². The number of anilines is 1. The fourth-order valence-corrected chi connectivity index (χ4v) is 6.47. The van der Waals surface area contributed by atoms with Crippen LogP contribution in [-0.2, 0) is 14.9 Å². The molecular formula is C35H49NO3. The number of rotatable bonds is 13. The average molecular weight is 532 g/mol. The standard InChI is InChI=1S/C35H49NO3/c1-7-9-25-38-32(37)33(3,4)26-27(8-2)17-11-10-16-24-36-30-20-14-13-19-29(30)34(5,6)35(36)23-22-28-18-12-15-21-31(28)39-35/h12-15,18-23,27H,7-11,16-17,24-26H2,1-6H3. The number of fused-ring (bicyclic) bond motifs is 2. The first kappa shape index (κ1) is 29.2. The van der Waals surface area contributed by atoms with Gasteiger partial charge in [-0.1, -0.05) is 82.3 Å². The minimum absolute atomic E-state index is 0.0443. The van der Waals surface area contributed by atoms with Crippen LogP contribution in [0.25, 0.3) is 6.08 Å². The predicted octanol–water partition coefficient (Wildman–Crippen LogP) is 8.93. The van der Waals surface area contributed by atoms with Gasteiger partial charge in [-0.2, -0.15) is 0 Å².